The number of benzene rings is 3. The van der Waals surface area contributed by atoms with E-state index in [-0.39, 0.29) is 11.4 Å². The number of amides is 2. The maximum atomic E-state index is 13.5. The van der Waals surface area contributed by atoms with E-state index in [1.807, 2.05) is 18.2 Å². The molecule has 2 heterocycles. The molecule has 2 fully saturated rings. The number of carbonyl (C=O) groups is 2. The first-order chi connectivity index (χ1) is 15.0. The second-order valence-corrected chi connectivity index (χ2v) is 8.27. The zero-order valence-corrected chi connectivity index (χ0v) is 17.6. The molecule has 8 heteroatoms. The van der Waals surface area contributed by atoms with Crippen LogP contribution in [0.5, 0.6) is 5.75 Å². The van der Waals surface area contributed by atoms with Crippen molar-refractivity contribution in [2.24, 2.45) is 5.92 Å². The number of halogens is 2. The van der Waals surface area contributed by atoms with E-state index < -0.39 is 35.7 Å². The van der Waals surface area contributed by atoms with Gasteiger partial charge in [-0.2, -0.15) is 0 Å². The maximum absolute atomic E-state index is 13.5. The van der Waals surface area contributed by atoms with Crippen LogP contribution in [0.25, 0.3) is 0 Å². The van der Waals surface area contributed by atoms with E-state index in [1.165, 1.54) is 35.4 Å². The number of anilines is 2. The molecule has 2 saturated heterocycles. The summed E-state index contributed by atoms with van der Waals surface area (Å²) in [6, 6.07) is 18.4. The third-order valence-electron chi connectivity index (χ3n) is 5.52. The number of fused-ring (bicyclic) bond motifs is 1. The molecule has 6 nitrogen and oxygen atoms in total. The van der Waals surface area contributed by atoms with Crippen LogP contribution in [-0.4, -0.2) is 23.0 Å². The third kappa shape index (κ3) is 3.19. The molecule has 5 rings (SSSR count). The highest BCUT2D eigenvalue weighted by Crippen LogP contribution is 2.49. The quantitative estimate of drug-likeness (QED) is 0.562. The van der Waals surface area contributed by atoms with Crippen LogP contribution in [0.3, 0.4) is 0 Å². The smallest absolute Gasteiger partial charge is 0.266 e. The normalized spacial score (nSPS) is 22.8. The summed E-state index contributed by atoms with van der Waals surface area (Å²) in [5.74, 6) is -2.37. The number of rotatable bonds is 3. The zero-order valence-electron chi connectivity index (χ0n) is 16.0. The largest absolute Gasteiger partial charge is 0.508 e. The molecule has 0 aromatic heterocycles. The van der Waals surface area contributed by atoms with Crippen LogP contribution < -0.4 is 9.96 Å². The Kier molecular flexibility index (Phi) is 4.75. The van der Waals surface area contributed by atoms with Crippen molar-refractivity contribution in [1.29, 1.82) is 0 Å². The predicted molar refractivity (Wildman–Crippen MR) is 115 cm³/mol. The first-order valence-corrected chi connectivity index (χ1v) is 10.4. The highest BCUT2D eigenvalue weighted by Gasteiger charge is 2.60. The molecule has 156 valence electrons. The second kappa shape index (κ2) is 7.47. The maximum Gasteiger partial charge on any atom is 0.266 e. The minimum absolute atomic E-state index is 0.0149. The Hall–Kier alpha value is -3.23. The summed E-state index contributed by atoms with van der Waals surface area (Å²) in [4.78, 5) is 33.7. The lowest BCUT2D eigenvalue weighted by Gasteiger charge is -2.29. The summed E-state index contributed by atoms with van der Waals surface area (Å²) in [5.41, 5.74) is 1.38. The fourth-order valence-corrected chi connectivity index (χ4v) is 4.51. The summed E-state index contributed by atoms with van der Waals surface area (Å²) in [5, 5.41) is 12.1. The first kappa shape index (κ1) is 19.7. The average Bonchev–Trinajstić information content (AvgIpc) is 3.28. The highest BCUT2D eigenvalue weighted by molar-refractivity contribution is 9.10. The van der Waals surface area contributed by atoms with Crippen molar-refractivity contribution in [1.82, 2.24) is 0 Å². The van der Waals surface area contributed by atoms with Gasteiger partial charge in [-0.15, -0.1) is 0 Å². The number of nitrogens with zero attached hydrogens (tertiary/aromatic N) is 2. The number of hydrogen-bond acceptors (Lipinski definition) is 5. The highest BCUT2D eigenvalue weighted by atomic mass is 79.9. The number of hydroxylamine groups is 1. The van der Waals surface area contributed by atoms with Crippen LogP contribution in [0.2, 0.25) is 0 Å². The van der Waals surface area contributed by atoms with Crippen LogP contribution in [0.1, 0.15) is 11.6 Å². The molecule has 1 N–H and O–H groups in total. The topological polar surface area (TPSA) is 70.1 Å². The van der Waals surface area contributed by atoms with Gasteiger partial charge in [-0.1, -0.05) is 34.1 Å². The molecule has 0 aliphatic carbocycles. The van der Waals surface area contributed by atoms with Crippen molar-refractivity contribution in [3.63, 3.8) is 0 Å². The number of aromatic hydroxyl groups is 1. The molecule has 3 aromatic carbocycles. The molecule has 3 aromatic rings. The average molecular weight is 483 g/mol. The second-order valence-electron chi connectivity index (χ2n) is 7.35. The summed E-state index contributed by atoms with van der Waals surface area (Å²) in [6.45, 7) is 0. The van der Waals surface area contributed by atoms with Crippen LogP contribution in [0.15, 0.2) is 77.3 Å². The van der Waals surface area contributed by atoms with Gasteiger partial charge in [-0.3, -0.25) is 14.4 Å². The molecule has 0 saturated carbocycles. The molecule has 0 unspecified atom stereocenters. The first-order valence-electron chi connectivity index (χ1n) is 9.58. The van der Waals surface area contributed by atoms with E-state index in [2.05, 4.69) is 15.9 Å². The van der Waals surface area contributed by atoms with E-state index in [1.54, 1.807) is 24.3 Å². The van der Waals surface area contributed by atoms with Gasteiger partial charge in [0, 0.05) is 10.0 Å². The zero-order chi connectivity index (χ0) is 21.7. The Labute approximate surface area is 185 Å². The van der Waals surface area contributed by atoms with E-state index >= 15 is 0 Å². The molecule has 2 aliphatic heterocycles. The van der Waals surface area contributed by atoms with Crippen LogP contribution >= 0.6 is 15.9 Å². The Bertz CT molecular complexity index is 1170. The van der Waals surface area contributed by atoms with Crippen molar-refractivity contribution in [2.45, 2.75) is 12.1 Å². The van der Waals surface area contributed by atoms with Gasteiger partial charge in [0.1, 0.15) is 17.5 Å². The van der Waals surface area contributed by atoms with E-state index in [9.17, 15) is 19.1 Å². The molecular formula is C23H16BrFN2O4. The van der Waals surface area contributed by atoms with Crippen molar-refractivity contribution in [3.8, 4) is 5.75 Å². The molecule has 0 bridgehead atoms. The van der Waals surface area contributed by atoms with Gasteiger partial charge < -0.3 is 5.11 Å². The fraction of sp³-hybridized carbons (Fsp3) is 0.130. The summed E-state index contributed by atoms with van der Waals surface area (Å²) in [7, 11) is 0. The molecular weight excluding hydrogens is 467 g/mol. The number of para-hydroxylation sites is 1. The lowest BCUT2D eigenvalue weighted by Crippen LogP contribution is -2.37. The number of phenols is 1. The van der Waals surface area contributed by atoms with Crippen LogP contribution in [-0.2, 0) is 14.4 Å². The van der Waals surface area contributed by atoms with Crippen molar-refractivity contribution in [3.05, 3.63) is 88.6 Å². The van der Waals surface area contributed by atoms with Crippen molar-refractivity contribution >= 4 is 39.1 Å². The minimum atomic E-state index is -1.07. The molecule has 0 radical (unpaired) electrons. The number of phenolic OH excluding ortho intramolecular Hbond substituents is 1. The molecule has 2 aliphatic rings. The fourth-order valence-electron chi connectivity index (χ4n) is 4.14. The Morgan fingerprint density at radius 2 is 1.61 bits per heavy atom. The summed E-state index contributed by atoms with van der Waals surface area (Å²) < 4.78 is 14.1. The molecule has 31 heavy (non-hydrogen) atoms. The van der Waals surface area contributed by atoms with Gasteiger partial charge >= 0.3 is 0 Å². The Morgan fingerprint density at radius 3 is 2.32 bits per heavy atom. The molecule has 2 amide bonds. The number of hydrogen-bond donors (Lipinski definition) is 1. The lowest BCUT2D eigenvalue weighted by molar-refractivity contribution is -0.126. The molecule has 0 spiro atoms. The third-order valence-corrected chi connectivity index (χ3v) is 6.01. The summed E-state index contributed by atoms with van der Waals surface area (Å²) >= 11 is 3.41. The number of carbonyl (C=O) groups excluding carboxylic acids is 2. The lowest BCUT2D eigenvalue weighted by atomic mass is 9.90. The Balaban J connectivity index is 1.62. The summed E-state index contributed by atoms with van der Waals surface area (Å²) in [6.07, 6.45) is -1.07. The number of imide groups is 1. The van der Waals surface area contributed by atoms with Gasteiger partial charge in [0.15, 0.2) is 6.10 Å². The van der Waals surface area contributed by atoms with Crippen molar-refractivity contribution < 1.29 is 23.9 Å². The SMILES string of the molecule is O=C1[C@H]2[C@@H](c3cc(Br)ccc3O)N(c3ccccc3)O[C@H]2C(=O)N1c1ccc(F)cc1. The van der Waals surface area contributed by atoms with E-state index in [0.29, 0.717) is 15.7 Å². The molecule has 3 atom stereocenters. The van der Waals surface area contributed by atoms with Gasteiger partial charge in [-0.25, -0.2) is 14.4 Å². The van der Waals surface area contributed by atoms with Gasteiger partial charge in [0.25, 0.3) is 5.91 Å². The van der Waals surface area contributed by atoms with Crippen LogP contribution in [0.4, 0.5) is 15.8 Å². The van der Waals surface area contributed by atoms with E-state index in [4.69, 9.17) is 4.84 Å². The monoisotopic (exact) mass is 482 g/mol. The van der Waals surface area contributed by atoms with Crippen LogP contribution in [0, 0.1) is 11.7 Å². The predicted octanol–water partition coefficient (Wildman–Crippen LogP) is 4.34. The van der Waals surface area contributed by atoms with Crippen molar-refractivity contribution in [2.75, 3.05) is 9.96 Å². The van der Waals surface area contributed by atoms with Gasteiger partial charge in [0.2, 0.25) is 5.91 Å². The van der Waals surface area contributed by atoms with Gasteiger partial charge in [0.05, 0.1) is 17.4 Å². The van der Waals surface area contributed by atoms with Gasteiger partial charge in [-0.05, 0) is 54.6 Å². The minimum Gasteiger partial charge on any atom is -0.508 e. The van der Waals surface area contributed by atoms with E-state index in [0.717, 1.165) is 4.90 Å². The Morgan fingerprint density at radius 1 is 0.903 bits per heavy atom. The standard InChI is InChI=1S/C23H16BrFN2O4/c24-13-6-11-18(28)17(12-13)20-19-21(31-27(20)16-4-2-1-3-5-16)23(30)26(22(19)29)15-9-7-14(25)8-10-15/h1-12,19-21,28H/t19-,20+,21+/m0/s1.